The summed E-state index contributed by atoms with van der Waals surface area (Å²) in [5.41, 5.74) is 1.38. The molecule has 1 aliphatic carbocycles. The average Bonchev–Trinajstić information content (AvgIpc) is 3.31. The van der Waals surface area contributed by atoms with Gasteiger partial charge >= 0.3 is 0 Å². The summed E-state index contributed by atoms with van der Waals surface area (Å²) >= 11 is 1.40. The maximum atomic E-state index is 12.6. The van der Waals surface area contributed by atoms with Crippen LogP contribution in [-0.4, -0.2) is 23.9 Å². The van der Waals surface area contributed by atoms with E-state index in [1.165, 1.54) is 37.0 Å². The van der Waals surface area contributed by atoms with E-state index in [0.717, 1.165) is 6.42 Å². The van der Waals surface area contributed by atoms with E-state index < -0.39 is 0 Å². The van der Waals surface area contributed by atoms with Gasteiger partial charge in [-0.25, -0.2) is 0 Å². The summed E-state index contributed by atoms with van der Waals surface area (Å²) in [6.07, 6.45) is 5.87. The number of hydrogen-bond donors (Lipinski definition) is 3. The van der Waals surface area contributed by atoms with Crippen molar-refractivity contribution in [2.75, 3.05) is 10.6 Å². The average molecular weight is 406 g/mol. The van der Waals surface area contributed by atoms with Gasteiger partial charge in [-0.2, -0.15) is 0 Å². The van der Waals surface area contributed by atoms with Gasteiger partial charge in [0, 0.05) is 17.4 Å². The highest BCUT2D eigenvalue weighted by atomic mass is 35.5. The Labute approximate surface area is 169 Å². The highest BCUT2D eigenvalue weighted by molar-refractivity contribution is 7.12. The van der Waals surface area contributed by atoms with Crippen molar-refractivity contribution in [1.82, 2.24) is 5.32 Å². The minimum atomic E-state index is -0.134. The summed E-state index contributed by atoms with van der Waals surface area (Å²) in [6.45, 7) is 0. The number of carbonyl (C=O) groups is 2. The lowest BCUT2D eigenvalue weighted by Gasteiger charge is -2.24. The molecule has 5 nitrogen and oxygen atoms in total. The molecule has 2 aliphatic rings. The van der Waals surface area contributed by atoms with Crippen LogP contribution in [0.5, 0.6) is 0 Å². The van der Waals surface area contributed by atoms with Crippen molar-refractivity contribution in [1.29, 1.82) is 0 Å². The lowest BCUT2D eigenvalue weighted by atomic mass is 9.85. The largest absolute Gasteiger partial charge is 0.325 e. The molecule has 1 saturated carbocycles. The third-order valence-electron chi connectivity index (χ3n) is 5.31. The number of fused-ring (bicyclic) bond motifs is 1. The van der Waals surface area contributed by atoms with Gasteiger partial charge in [0.25, 0.3) is 5.91 Å². The van der Waals surface area contributed by atoms with E-state index in [9.17, 15) is 9.59 Å². The first-order valence-electron chi connectivity index (χ1n) is 9.21. The second-order valence-corrected chi connectivity index (χ2v) is 8.06. The molecule has 4 rings (SSSR count). The van der Waals surface area contributed by atoms with Crippen LogP contribution in [-0.2, 0) is 4.79 Å². The Morgan fingerprint density at radius 3 is 2.56 bits per heavy atom. The van der Waals surface area contributed by atoms with Crippen LogP contribution >= 0.6 is 23.7 Å². The molecule has 3 unspecified atom stereocenters. The topological polar surface area (TPSA) is 70.2 Å². The van der Waals surface area contributed by atoms with Gasteiger partial charge in [-0.1, -0.05) is 25.0 Å². The van der Waals surface area contributed by atoms with Crippen molar-refractivity contribution in [2.45, 2.75) is 44.2 Å². The Balaban J connectivity index is 0.00000210. The Morgan fingerprint density at radius 2 is 1.81 bits per heavy atom. The van der Waals surface area contributed by atoms with Gasteiger partial charge < -0.3 is 16.0 Å². The van der Waals surface area contributed by atoms with Crippen LogP contribution in [0.25, 0.3) is 0 Å². The molecule has 0 spiro atoms. The van der Waals surface area contributed by atoms with Crippen LogP contribution in [0.3, 0.4) is 0 Å². The second-order valence-electron chi connectivity index (χ2n) is 7.11. The maximum Gasteiger partial charge on any atom is 0.265 e. The number of anilines is 2. The van der Waals surface area contributed by atoms with E-state index in [1.54, 1.807) is 12.1 Å². The van der Waals surface area contributed by atoms with E-state index in [4.69, 9.17) is 0 Å². The van der Waals surface area contributed by atoms with Gasteiger partial charge in [-0.05, 0) is 54.8 Å². The molecule has 2 aromatic rings. The van der Waals surface area contributed by atoms with Crippen molar-refractivity contribution < 1.29 is 9.59 Å². The summed E-state index contributed by atoms with van der Waals surface area (Å²) in [7, 11) is 0. The molecule has 27 heavy (non-hydrogen) atoms. The Kier molecular flexibility index (Phi) is 6.52. The van der Waals surface area contributed by atoms with Gasteiger partial charge in [0.05, 0.1) is 10.9 Å². The van der Waals surface area contributed by atoms with Crippen LogP contribution < -0.4 is 16.0 Å². The van der Waals surface area contributed by atoms with Gasteiger partial charge in [0.15, 0.2) is 0 Å². The predicted molar refractivity (Wildman–Crippen MR) is 112 cm³/mol. The summed E-state index contributed by atoms with van der Waals surface area (Å²) in [5, 5.41) is 11.2. The molecule has 1 aromatic carbocycles. The van der Waals surface area contributed by atoms with Crippen LogP contribution in [0.2, 0.25) is 0 Å². The molecule has 2 heterocycles. The SMILES string of the molecule is Cl.O=C(Nc1cccc(NC(=O)C2CC3CCCCC3N2)c1)c1cccs1. The van der Waals surface area contributed by atoms with Crippen molar-refractivity contribution in [3.05, 3.63) is 46.7 Å². The maximum absolute atomic E-state index is 12.6. The molecule has 1 aliphatic heterocycles. The minimum Gasteiger partial charge on any atom is -0.325 e. The number of nitrogens with one attached hydrogen (secondary N) is 3. The molecular formula is C20H24ClN3O2S. The van der Waals surface area contributed by atoms with Gasteiger partial charge in [0.2, 0.25) is 5.91 Å². The smallest absolute Gasteiger partial charge is 0.265 e. The molecule has 1 aromatic heterocycles. The van der Waals surface area contributed by atoms with E-state index in [1.807, 2.05) is 29.6 Å². The van der Waals surface area contributed by atoms with E-state index in [2.05, 4.69) is 16.0 Å². The number of benzene rings is 1. The zero-order valence-corrected chi connectivity index (χ0v) is 16.6. The minimum absolute atomic E-state index is 0. The van der Waals surface area contributed by atoms with Crippen molar-refractivity contribution in [2.24, 2.45) is 5.92 Å². The predicted octanol–water partition coefficient (Wildman–Crippen LogP) is 4.28. The highest BCUT2D eigenvalue weighted by Crippen LogP contribution is 2.33. The van der Waals surface area contributed by atoms with Crippen LogP contribution in [0, 0.1) is 5.92 Å². The lowest BCUT2D eigenvalue weighted by Crippen LogP contribution is -2.39. The number of halogens is 1. The van der Waals surface area contributed by atoms with Crippen molar-refractivity contribution in [3.8, 4) is 0 Å². The molecule has 7 heteroatoms. The quantitative estimate of drug-likeness (QED) is 0.710. The molecular weight excluding hydrogens is 382 g/mol. The Hall–Kier alpha value is -1.89. The van der Waals surface area contributed by atoms with E-state index >= 15 is 0 Å². The second kappa shape index (κ2) is 8.87. The number of hydrogen-bond acceptors (Lipinski definition) is 4. The fourth-order valence-corrected chi connectivity index (χ4v) is 4.64. The van der Waals surface area contributed by atoms with Gasteiger partial charge in [-0.15, -0.1) is 23.7 Å². The number of amides is 2. The molecule has 2 amide bonds. The van der Waals surface area contributed by atoms with E-state index in [-0.39, 0.29) is 30.3 Å². The van der Waals surface area contributed by atoms with Crippen LogP contribution in [0.4, 0.5) is 11.4 Å². The normalized spacial score (nSPS) is 23.8. The Bertz CT molecular complexity index is 782. The van der Waals surface area contributed by atoms with Crippen LogP contribution in [0.1, 0.15) is 41.8 Å². The first kappa shape index (κ1) is 19.9. The first-order chi connectivity index (χ1) is 12.7. The molecule has 1 saturated heterocycles. The zero-order valence-electron chi connectivity index (χ0n) is 14.9. The number of thiophene rings is 1. The summed E-state index contributed by atoms with van der Waals surface area (Å²) in [6, 6.07) is 11.3. The molecule has 0 bridgehead atoms. The molecule has 3 N–H and O–H groups in total. The molecule has 144 valence electrons. The van der Waals surface area contributed by atoms with Crippen LogP contribution in [0.15, 0.2) is 41.8 Å². The summed E-state index contributed by atoms with van der Waals surface area (Å²) in [5.74, 6) is 0.516. The van der Waals surface area contributed by atoms with Crippen molar-refractivity contribution >= 4 is 46.9 Å². The van der Waals surface area contributed by atoms with E-state index in [0.29, 0.717) is 28.2 Å². The van der Waals surface area contributed by atoms with Crippen molar-refractivity contribution in [3.63, 3.8) is 0 Å². The fourth-order valence-electron chi connectivity index (χ4n) is 4.03. The summed E-state index contributed by atoms with van der Waals surface area (Å²) in [4.78, 5) is 25.4. The number of carbonyl (C=O) groups excluding carboxylic acids is 2. The molecule has 2 fully saturated rings. The summed E-state index contributed by atoms with van der Waals surface area (Å²) < 4.78 is 0. The zero-order chi connectivity index (χ0) is 17.9. The number of rotatable bonds is 4. The molecule has 3 atom stereocenters. The molecule has 0 radical (unpaired) electrons. The van der Waals surface area contributed by atoms with Gasteiger partial charge in [0.1, 0.15) is 0 Å². The first-order valence-corrected chi connectivity index (χ1v) is 10.1. The lowest BCUT2D eigenvalue weighted by molar-refractivity contribution is -0.117. The Morgan fingerprint density at radius 1 is 1.04 bits per heavy atom. The fraction of sp³-hybridized carbons (Fsp3) is 0.400. The van der Waals surface area contributed by atoms with Gasteiger partial charge in [-0.3, -0.25) is 9.59 Å². The highest BCUT2D eigenvalue weighted by Gasteiger charge is 2.38. The monoisotopic (exact) mass is 405 g/mol. The third kappa shape index (κ3) is 4.69. The standard InChI is InChI=1S/C20H23N3O2S.ClH/c24-19(17-11-13-5-1-2-8-16(13)23-17)21-14-6-3-7-15(12-14)22-20(25)18-9-4-10-26-18;/h3-4,6-7,9-10,12-13,16-17,23H,1-2,5,8,11H2,(H,21,24)(H,22,25);1H. The third-order valence-corrected chi connectivity index (χ3v) is 6.18.